The van der Waals surface area contributed by atoms with E-state index in [0.717, 1.165) is 0 Å². The van der Waals surface area contributed by atoms with Crippen LogP contribution in [0.5, 0.6) is 0 Å². The quantitative estimate of drug-likeness (QED) is 0.719. The number of alkyl halides is 3. The number of nitrogens with zero attached hydrogens (tertiary/aromatic N) is 3. The average molecular weight is 295 g/mol. The van der Waals surface area contributed by atoms with E-state index in [2.05, 4.69) is 15.0 Å². The van der Waals surface area contributed by atoms with Crippen LogP contribution in [0.1, 0.15) is 36.5 Å². The molecule has 0 fully saturated rings. The number of carbonyl (C=O) groups excluding carboxylic acids is 1. The second-order valence-electron chi connectivity index (χ2n) is 3.87. The second-order valence-corrected chi connectivity index (χ2v) is 3.87. The standard InChI is InChI=1S/C11H16F3N3O3/c1-3-5-8-9(10(18)19-4-2)15-16-17(8)6-7-20-11(12,13)14/h3-7H2,1-2H3. The van der Waals surface area contributed by atoms with E-state index < -0.39 is 18.9 Å². The van der Waals surface area contributed by atoms with Crippen LogP contribution in [-0.4, -0.2) is 40.5 Å². The van der Waals surface area contributed by atoms with Crippen molar-refractivity contribution in [3.63, 3.8) is 0 Å². The van der Waals surface area contributed by atoms with Gasteiger partial charge in [0.2, 0.25) is 0 Å². The highest BCUT2D eigenvalue weighted by Crippen LogP contribution is 2.16. The van der Waals surface area contributed by atoms with E-state index in [0.29, 0.717) is 18.5 Å². The molecule has 9 heteroatoms. The fourth-order valence-electron chi connectivity index (χ4n) is 1.60. The number of rotatable bonds is 7. The number of hydrogen-bond donors (Lipinski definition) is 0. The predicted molar refractivity (Wildman–Crippen MR) is 62.0 cm³/mol. The second kappa shape index (κ2) is 7.22. The zero-order chi connectivity index (χ0) is 15.2. The Balaban J connectivity index is 2.78. The molecule has 1 aromatic heterocycles. The van der Waals surface area contributed by atoms with Crippen molar-refractivity contribution < 1.29 is 27.4 Å². The first-order valence-electron chi connectivity index (χ1n) is 6.19. The summed E-state index contributed by atoms with van der Waals surface area (Å²) in [5.74, 6) is -0.626. The van der Waals surface area contributed by atoms with Gasteiger partial charge < -0.3 is 4.74 Å². The highest BCUT2D eigenvalue weighted by molar-refractivity contribution is 5.88. The van der Waals surface area contributed by atoms with E-state index >= 15 is 0 Å². The van der Waals surface area contributed by atoms with Gasteiger partial charge in [-0.3, -0.25) is 4.74 Å². The third-order valence-electron chi connectivity index (χ3n) is 2.36. The Morgan fingerprint density at radius 1 is 1.35 bits per heavy atom. The summed E-state index contributed by atoms with van der Waals surface area (Å²) in [4.78, 5) is 11.6. The Morgan fingerprint density at radius 3 is 2.60 bits per heavy atom. The summed E-state index contributed by atoms with van der Waals surface area (Å²) in [5, 5.41) is 7.35. The van der Waals surface area contributed by atoms with Gasteiger partial charge in [0.1, 0.15) is 0 Å². The molecule has 1 aromatic rings. The molecule has 1 heterocycles. The Bertz CT molecular complexity index is 446. The van der Waals surface area contributed by atoms with Crippen LogP contribution < -0.4 is 0 Å². The number of aromatic nitrogens is 3. The molecule has 20 heavy (non-hydrogen) atoms. The summed E-state index contributed by atoms with van der Waals surface area (Å²) in [5.41, 5.74) is 0.498. The minimum Gasteiger partial charge on any atom is -0.461 e. The van der Waals surface area contributed by atoms with E-state index in [1.165, 1.54) is 4.68 Å². The summed E-state index contributed by atoms with van der Waals surface area (Å²) in [6, 6.07) is 0. The van der Waals surface area contributed by atoms with Gasteiger partial charge in [-0.25, -0.2) is 9.48 Å². The molecule has 0 unspecified atom stereocenters. The van der Waals surface area contributed by atoms with Crippen LogP contribution in [0.25, 0.3) is 0 Å². The molecule has 0 N–H and O–H groups in total. The van der Waals surface area contributed by atoms with Crippen LogP contribution >= 0.6 is 0 Å². The van der Waals surface area contributed by atoms with Gasteiger partial charge in [-0.2, -0.15) is 0 Å². The van der Waals surface area contributed by atoms with E-state index in [1.807, 2.05) is 6.92 Å². The molecule has 0 spiro atoms. The molecule has 0 aliphatic carbocycles. The maximum atomic E-state index is 11.9. The predicted octanol–water partition coefficient (Wildman–Crippen LogP) is 1.94. The molecule has 0 bridgehead atoms. The van der Waals surface area contributed by atoms with Crippen LogP contribution in [0.15, 0.2) is 0 Å². The van der Waals surface area contributed by atoms with Crippen molar-refractivity contribution in [3.8, 4) is 0 Å². The Labute approximate surface area is 113 Å². The van der Waals surface area contributed by atoms with Gasteiger partial charge in [0.15, 0.2) is 5.69 Å². The van der Waals surface area contributed by atoms with Crippen LogP contribution in [0.4, 0.5) is 13.2 Å². The van der Waals surface area contributed by atoms with Gasteiger partial charge in [-0.1, -0.05) is 18.6 Å². The number of esters is 1. The molecule has 1 rings (SSSR count). The fourth-order valence-corrected chi connectivity index (χ4v) is 1.60. The Morgan fingerprint density at radius 2 is 2.05 bits per heavy atom. The molecule has 114 valence electrons. The minimum absolute atomic E-state index is 0.0423. The smallest absolute Gasteiger partial charge is 0.461 e. The number of carbonyl (C=O) groups is 1. The van der Waals surface area contributed by atoms with Crippen molar-refractivity contribution in [2.45, 2.75) is 39.6 Å². The summed E-state index contributed by atoms with van der Waals surface area (Å²) < 4.78 is 45.4. The average Bonchev–Trinajstić information content (AvgIpc) is 2.72. The molecule has 0 saturated heterocycles. The molecule has 0 atom stereocenters. The van der Waals surface area contributed by atoms with Gasteiger partial charge in [-0.15, -0.1) is 18.3 Å². The molecular formula is C11H16F3N3O3. The number of halogens is 3. The topological polar surface area (TPSA) is 66.2 Å². The van der Waals surface area contributed by atoms with E-state index in [-0.39, 0.29) is 18.8 Å². The third kappa shape index (κ3) is 4.80. The Hall–Kier alpha value is -1.64. The zero-order valence-electron chi connectivity index (χ0n) is 11.2. The first-order chi connectivity index (χ1) is 9.39. The molecule has 0 amide bonds. The highest BCUT2D eigenvalue weighted by Gasteiger charge is 2.29. The normalized spacial score (nSPS) is 11.7. The number of hydrogen-bond acceptors (Lipinski definition) is 5. The maximum absolute atomic E-state index is 11.9. The molecular weight excluding hydrogens is 279 g/mol. The van der Waals surface area contributed by atoms with Crippen molar-refractivity contribution in [3.05, 3.63) is 11.4 Å². The summed E-state index contributed by atoms with van der Waals surface area (Å²) in [6.07, 6.45) is -3.53. The van der Waals surface area contributed by atoms with Crippen molar-refractivity contribution in [1.29, 1.82) is 0 Å². The highest BCUT2D eigenvalue weighted by atomic mass is 19.4. The summed E-state index contributed by atoms with van der Waals surface area (Å²) >= 11 is 0. The van der Waals surface area contributed by atoms with Crippen LogP contribution in [0.2, 0.25) is 0 Å². The van der Waals surface area contributed by atoms with E-state index in [9.17, 15) is 18.0 Å². The van der Waals surface area contributed by atoms with Gasteiger partial charge in [-0.05, 0) is 13.3 Å². The summed E-state index contributed by atoms with van der Waals surface area (Å²) in [7, 11) is 0. The van der Waals surface area contributed by atoms with Gasteiger partial charge in [0, 0.05) is 0 Å². The molecule has 0 saturated carbocycles. The van der Waals surface area contributed by atoms with Crippen LogP contribution in [-0.2, 0) is 22.4 Å². The Kier molecular flexibility index (Phi) is 5.93. The fraction of sp³-hybridized carbons (Fsp3) is 0.727. The van der Waals surface area contributed by atoms with Gasteiger partial charge in [0.25, 0.3) is 0 Å². The van der Waals surface area contributed by atoms with Crippen molar-refractivity contribution >= 4 is 5.97 Å². The maximum Gasteiger partial charge on any atom is 0.522 e. The first-order valence-corrected chi connectivity index (χ1v) is 6.19. The number of ether oxygens (including phenoxy) is 2. The van der Waals surface area contributed by atoms with Gasteiger partial charge in [0.05, 0.1) is 25.5 Å². The summed E-state index contributed by atoms with van der Waals surface area (Å²) in [6.45, 7) is 2.99. The van der Waals surface area contributed by atoms with Crippen LogP contribution in [0.3, 0.4) is 0 Å². The van der Waals surface area contributed by atoms with Crippen molar-refractivity contribution in [2.24, 2.45) is 0 Å². The SMILES string of the molecule is CCCc1c(C(=O)OCC)nnn1CCOC(F)(F)F. The zero-order valence-corrected chi connectivity index (χ0v) is 11.2. The molecule has 6 nitrogen and oxygen atoms in total. The molecule has 0 aliphatic rings. The van der Waals surface area contributed by atoms with Gasteiger partial charge >= 0.3 is 12.3 Å². The lowest BCUT2D eigenvalue weighted by Gasteiger charge is -2.09. The lowest BCUT2D eigenvalue weighted by molar-refractivity contribution is -0.325. The largest absolute Gasteiger partial charge is 0.522 e. The third-order valence-corrected chi connectivity index (χ3v) is 2.36. The first kappa shape index (κ1) is 16.4. The molecule has 0 aliphatic heterocycles. The van der Waals surface area contributed by atoms with E-state index in [1.54, 1.807) is 6.92 Å². The van der Waals surface area contributed by atoms with Crippen molar-refractivity contribution in [1.82, 2.24) is 15.0 Å². The minimum atomic E-state index is -4.69. The van der Waals surface area contributed by atoms with Crippen LogP contribution in [0, 0.1) is 0 Å². The van der Waals surface area contributed by atoms with E-state index in [4.69, 9.17) is 4.74 Å². The monoisotopic (exact) mass is 295 g/mol. The lowest BCUT2D eigenvalue weighted by atomic mass is 10.2. The molecule has 0 radical (unpaired) electrons. The lowest BCUT2D eigenvalue weighted by Crippen LogP contribution is -2.19. The van der Waals surface area contributed by atoms with Crippen molar-refractivity contribution in [2.75, 3.05) is 13.2 Å². The molecule has 0 aromatic carbocycles.